The predicted octanol–water partition coefficient (Wildman–Crippen LogP) is 3.33. The summed E-state index contributed by atoms with van der Waals surface area (Å²) in [4.78, 5) is 22.3. The zero-order valence-electron chi connectivity index (χ0n) is 10.1. The summed E-state index contributed by atoms with van der Waals surface area (Å²) in [5.41, 5.74) is 2.16. The maximum absolute atomic E-state index is 11.8. The maximum Gasteiger partial charge on any atom is 0.228 e. The van der Waals surface area contributed by atoms with Gasteiger partial charge in [0.2, 0.25) is 5.91 Å². The number of aldehydes is 1. The highest BCUT2D eigenvalue weighted by atomic mass is 35.5. The van der Waals surface area contributed by atoms with Crippen molar-refractivity contribution in [3.63, 3.8) is 0 Å². The second-order valence-corrected chi connectivity index (χ2v) is 4.53. The maximum atomic E-state index is 11.8. The third kappa shape index (κ3) is 3.93. The normalized spacial score (nSPS) is 9.95. The molecule has 0 spiro atoms. The molecule has 0 aromatic heterocycles. The van der Waals surface area contributed by atoms with Gasteiger partial charge in [-0.25, -0.2) is 0 Å². The van der Waals surface area contributed by atoms with Crippen molar-refractivity contribution in [2.75, 3.05) is 5.32 Å². The van der Waals surface area contributed by atoms with Crippen LogP contribution >= 0.6 is 11.6 Å². The van der Waals surface area contributed by atoms with Crippen LogP contribution in [0.3, 0.4) is 0 Å². The molecule has 0 aliphatic rings. The van der Waals surface area contributed by atoms with Crippen molar-refractivity contribution in [1.82, 2.24) is 0 Å². The van der Waals surface area contributed by atoms with Crippen LogP contribution < -0.4 is 5.32 Å². The highest BCUT2D eigenvalue weighted by molar-refractivity contribution is 6.30. The molecule has 0 saturated carbocycles. The van der Waals surface area contributed by atoms with E-state index in [9.17, 15) is 9.59 Å². The average molecular weight is 274 g/mol. The quantitative estimate of drug-likeness (QED) is 0.869. The minimum absolute atomic E-state index is 0.110. The molecular weight excluding hydrogens is 262 g/mol. The summed E-state index contributed by atoms with van der Waals surface area (Å²) in [5, 5.41) is 3.41. The van der Waals surface area contributed by atoms with Crippen molar-refractivity contribution >= 4 is 29.5 Å². The molecule has 0 fully saturated rings. The predicted molar refractivity (Wildman–Crippen MR) is 75.6 cm³/mol. The minimum atomic E-state index is -0.110. The number of carbonyl (C=O) groups excluding carboxylic acids is 2. The van der Waals surface area contributed by atoms with Crippen LogP contribution in [0.25, 0.3) is 0 Å². The molecule has 1 amide bonds. The summed E-state index contributed by atoms with van der Waals surface area (Å²) < 4.78 is 0. The first-order valence-electron chi connectivity index (χ1n) is 5.77. The van der Waals surface area contributed by atoms with E-state index in [2.05, 4.69) is 5.32 Å². The van der Waals surface area contributed by atoms with Gasteiger partial charge in [-0.15, -0.1) is 0 Å². The molecule has 0 radical (unpaired) electrons. The molecule has 0 heterocycles. The summed E-state index contributed by atoms with van der Waals surface area (Å²) >= 11 is 5.77. The van der Waals surface area contributed by atoms with Crippen LogP contribution in [0.1, 0.15) is 15.9 Å². The molecule has 0 unspecified atom stereocenters. The molecular formula is C15H12ClNO2. The second-order valence-electron chi connectivity index (χ2n) is 4.09. The highest BCUT2D eigenvalue weighted by Gasteiger charge is 2.04. The number of hydrogen-bond donors (Lipinski definition) is 1. The second kappa shape index (κ2) is 6.16. The van der Waals surface area contributed by atoms with E-state index in [1.165, 1.54) is 0 Å². The number of anilines is 1. The highest BCUT2D eigenvalue weighted by Crippen LogP contribution is 2.14. The lowest BCUT2D eigenvalue weighted by atomic mass is 10.1. The number of carbonyl (C=O) groups is 2. The lowest BCUT2D eigenvalue weighted by Gasteiger charge is -2.05. The van der Waals surface area contributed by atoms with Gasteiger partial charge in [0, 0.05) is 16.3 Å². The summed E-state index contributed by atoms with van der Waals surface area (Å²) in [6, 6.07) is 13.9. The van der Waals surface area contributed by atoms with E-state index in [1.54, 1.807) is 48.5 Å². The molecule has 4 heteroatoms. The summed E-state index contributed by atoms with van der Waals surface area (Å²) in [6.07, 6.45) is 1.04. The molecule has 0 saturated heterocycles. The van der Waals surface area contributed by atoms with Gasteiger partial charge in [0.25, 0.3) is 0 Å². The van der Waals surface area contributed by atoms with Crippen LogP contribution in [0.4, 0.5) is 5.69 Å². The first-order valence-corrected chi connectivity index (χ1v) is 6.15. The van der Waals surface area contributed by atoms with Gasteiger partial charge in [0.15, 0.2) is 0 Å². The number of hydrogen-bond acceptors (Lipinski definition) is 2. The van der Waals surface area contributed by atoms with Crippen molar-refractivity contribution in [3.8, 4) is 0 Å². The Morgan fingerprint density at radius 1 is 1.05 bits per heavy atom. The van der Waals surface area contributed by atoms with Crippen molar-refractivity contribution in [1.29, 1.82) is 0 Å². The lowest BCUT2D eigenvalue weighted by molar-refractivity contribution is -0.115. The van der Waals surface area contributed by atoms with Crippen LogP contribution in [0.2, 0.25) is 5.02 Å². The van der Waals surface area contributed by atoms with Gasteiger partial charge in [-0.05, 0) is 29.8 Å². The van der Waals surface area contributed by atoms with E-state index < -0.39 is 0 Å². The van der Waals surface area contributed by atoms with Crippen molar-refractivity contribution in [3.05, 3.63) is 64.7 Å². The number of halogens is 1. The Morgan fingerprint density at radius 3 is 2.26 bits per heavy atom. The summed E-state index contributed by atoms with van der Waals surface area (Å²) in [5.74, 6) is -0.110. The fourth-order valence-corrected chi connectivity index (χ4v) is 1.76. The number of nitrogens with one attached hydrogen (secondary N) is 1. The Morgan fingerprint density at radius 2 is 1.68 bits per heavy atom. The van der Waals surface area contributed by atoms with Crippen molar-refractivity contribution in [2.24, 2.45) is 0 Å². The van der Waals surface area contributed by atoms with Crippen molar-refractivity contribution < 1.29 is 9.59 Å². The fourth-order valence-electron chi connectivity index (χ4n) is 1.64. The molecule has 0 aliphatic heterocycles. The molecule has 0 bridgehead atoms. The SMILES string of the molecule is O=Cc1ccc(CC(=O)Nc2ccc(Cl)cc2)cc1. The monoisotopic (exact) mass is 273 g/mol. The van der Waals surface area contributed by atoms with Gasteiger partial charge < -0.3 is 5.32 Å². The number of benzene rings is 2. The van der Waals surface area contributed by atoms with Gasteiger partial charge in [-0.2, -0.15) is 0 Å². The molecule has 96 valence electrons. The van der Waals surface area contributed by atoms with E-state index in [-0.39, 0.29) is 12.3 Å². The fraction of sp³-hybridized carbons (Fsp3) is 0.0667. The molecule has 19 heavy (non-hydrogen) atoms. The Balaban J connectivity index is 1.96. The lowest BCUT2D eigenvalue weighted by Crippen LogP contribution is -2.14. The van der Waals surface area contributed by atoms with Crippen molar-refractivity contribution in [2.45, 2.75) is 6.42 Å². The van der Waals surface area contributed by atoms with E-state index in [0.29, 0.717) is 16.3 Å². The zero-order valence-corrected chi connectivity index (χ0v) is 10.9. The van der Waals surface area contributed by atoms with Crippen LogP contribution in [-0.4, -0.2) is 12.2 Å². The Hall–Kier alpha value is -2.13. The topological polar surface area (TPSA) is 46.2 Å². The van der Waals surface area contributed by atoms with Crippen LogP contribution in [-0.2, 0) is 11.2 Å². The standard InChI is InChI=1S/C15H12ClNO2/c16-13-5-7-14(8-6-13)17-15(19)9-11-1-3-12(10-18)4-2-11/h1-8,10H,9H2,(H,17,19). The summed E-state index contributed by atoms with van der Waals surface area (Å²) in [7, 11) is 0. The van der Waals surface area contributed by atoms with Crippen LogP contribution in [0.15, 0.2) is 48.5 Å². The van der Waals surface area contributed by atoms with E-state index in [0.717, 1.165) is 11.8 Å². The number of amides is 1. The van der Waals surface area contributed by atoms with Gasteiger partial charge >= 0.3 is 0 Å². The van der Waals surface area contributed by atoms with Crippen LogP contribution in [0, 0.1) is 0 Å². The first kappa shape index (κ1) is 13.3. The number of rotatable bonds is 4. The molecule has 3 nitrogen and oxygen atoms in total. The molecule has 0 atom stereocenters. The van der Waals surface area contributed by atoms with E-state index >= 15 is 0 Å². The molecule has 2 aromatic carbocycles. The zero-order chi connectivity index (χ0) is 13.7. The third-order valence-corrected chi connectivity index (χ3v) is 2.86. The molecule has 1 N–H and O–H groups in total. The molecule has 2 aromatic rings. The summed E-state index contributed by atoms with van der Waals surface area (Å²) in [6.45, 7) is 0. The smallest absolute Gasteiger partial charge is 0.228 e. The third-order valence-electron chi connectivity index (χ3n) is 2.61. The van der Waals surface area contributed by atoms with Gasteiger partial charge in [-0.1, -0.05) is 35.9 Å². The van der Waals surface area contributed by atoms with E-state index in [4.69, 9.17) is 11.6 Å². The molecule has 2 rings (SSSR count). The largest absolute Gasteiger partial charge is 0.326 e. The Bertz CT molecular complexity index is 576. The average Bonchev–Trinajstić information content (AvgIpc) is 2.42. The molecule has 0 aliphatic carbocycles. The van der Waals surface area contributed by atoms with Gasteiger partial charge in [0.1, 0.15) is 6.29 Å². The van der Waals surface area contributed by atoms with Gasteiger partial charge in [-0.3, -0.25) is 9.59 Å². The Labute approximate surface area is 116 Å². The first-order chi connectivity index (χ1) is 9.17. The van der Waals surface area contributed by atoms with Crippen LogP contribution in [0.5, 0.6) is 0 Å². The van der Waals surface area contributed by atoms with E-state index in [1.807, 2.05) is 0 Å². The minimum Gasteiger partial charge on any atom is -0.326 e. The Kier molecular flexibility index (Phi) is 4.31. The van der Waals surface area contributed by atoms with Gasteiger partial charge in [0.05, 0.1) is 6.42 Å².